The average Bonchev–Trinajstić information content (AvgIpc) is 3.38. The fourth-order valence-electron chi connectivity index (χ4n) is 5.15. The van der Waals surface area contributed by atoms with Crippen LogP contribution in [0.5, 0.6) is 5.88 Å². The van der Waals surface area contributed by atoms with Gasteiger partial charge in [-0.25, -0.2) is 14.4 Å². The number of nitrogens with zero attached hydrogens (tertiary/aromatic N) is 6. The molecular weight excluding hydrogens is 468 g/mol. The number of ether oxygens (including phenoxy) is 1. The lowest BCUT2D eigenvalue weighted by molar-refractivity contribution is -0.137. The van der Waals surface area contributed by atoms with E-state index in [4.69, 9.17) is 4.74 Å². The van der Waals surface area contributed by atoms with Crippen molar-refractivity contribution in [2.75, 3.05) is 11.6 Å². The first kappa shape index (κ1) is 23.2. The Morgan fingerprint density at radius 2 is 1.97 bits per heavy atom. The molecule has 4 atom stereocenters. The van der Waals surface area contributed by atoms with Crippen molar-refractivity contribution in [3.05, 3.63) is 53.6 Å². The number of hydrogen-bond acceptors (Lipinski definition) is 7. The van der Waals surface area contributed by atoms with Crippen LogP contribution >= 0.6 is 0 Å². The van der Waals surface area contributed by atoms with Crippen molar-refractivity contribution in [3.8, 4) is 11.6 Å². The summed E-state index contributed by atoms with van der Waals surface area (Å²) in [4.78, 5) is 23.4. The Kier molecular flexibility index (Phi) is 5.89. The van der Waals surface area contributed by atoms with E-state index in [9.17, 15) is 22.4 Å². The molecule has 184 valence electrons. The van der Waals surface area contributed by atoms with Gasteiger partial charge in [0.1, 0.15) is 30.0 Å². The second-order valence-corrected chi connectivity index (χ2v) is 8.78. The summed E-state index contributed by atoms with van der Waals surface area (Å²) in [5, 5.41) is 8.13. The molecule has 5 heterocycles. The fraction of sp³-hybridized carbons (Fsp3) is 0.435. The van der Waals surface area contributed by atoms with E-state index in [1.54, 1.807) is 6.07 Å². The summed E-state index contributed by atoms with van der Waals surface area (Å²) >= 11 is 0. The lowest BCUT2D eigenvalue weighted by atomic mass is 9.73. The van der Waals surface area contributed by atoms with Gasteiger partial charge in [0, 0.05) is 12.3 Å². The number of carbonyl (C=O) groups excluding carboxylic acids is 1. The number of aryl methyl sites for hydroxylation is 1. The van der Waals surface area contributed by atoms with Gasteiger partial charge in [-0.1, -0.05) is 0 Å². The van der Waals surface area contributed by atoms with Crippen LogP contribution in [0.15, 0.2) is 36.8 Å². The van der Waals surface area contributed by atoms with E-state index in [1.807, 2.05) is 11.8 Å². The maximum atomic E-state index is 14.3. The number of rotatable bonds is 6. The number of alkyl halides is 4. The van der Waals surface area contributed by atoms with Crippen molar-refractivity contribution in [3.63, 3.8) is 0 Å². The minimum atomic E-state index is -4.49. The Bertz CT molecular complexity index is 1200. The molecule has 1 saturated carbocycles. The smallest absolute Gasteiger partial charge is 0.417 e. The van der Waals surface area contributed by atoms with Crippen molar-refractivity contribution in [1.82, 2.24) is 25.0 Å². The van der Waals surface area contributed by atoms with Gasteiger partial charge in [0.15, 0.2) is 6.29 Å². The van der Waals surface area contributed by atoms with Crippen LogP contribution in [0.4, 0.5) is 23.4 Å². The first-order chi connectivity index (χ1) is 16.8. The Morgan fingerprint density at radius 3 is 2.60 bits per heavy atom. The molecule has 8 nitrogen and oxygen atoms in total. The second kappa shape index (κ2) is 8.90. The molecule has 0 spiro atoms. The maximum absolute atomic E-state index is 14.3. The molecule has 35 heavy (non-hydrogen) atoms. The largest absolute Gasteiger partial charge is 0.472 e. The monoisotopic (exact) mass is 490 g/mol. The van der Waals surface area contributed by atoms with Crippen LogP contribution in [0.1, 0.15) is 40.9 Å². The molecular formula is C23H22F4N6O2. The van der Waals surface area contributed by atoms with Gasteiger partial charge < -0.3 is 9.64 Å². The zero-order valence-corrected chi connectivity index (χ0v) is 18.7. The second-order valence-electron chi connectivity index (χ2n) is 8.78. The van der Waals surface area contributed by atoms with Gasteiger partial charge >= 0.3 is 6.18 Å². The molecule has 2 bridgehead atoms. The van der Waals surface area contributed by atoms with Gasteiger partial charge in [-0.3, -0.25) is 4.79 Å². The standard InChI is InChI=1S/C23H22F4N6O2/c1-13-8-18(33-29-6-7-30-33)16(12-34)31-22(13)32-17-4-2-14(19(32)10-24)9-20(17)35-21-5-3-15(11-28-21)23(25,26)27/h3,5-8,11-12,14,17,19-20H,2,4,9-10H2,1H3/t14-,17+,19-,20-/m1/s1. The number of halogens is 4. The third kappa shape index (κ3) is 4.21. The van der Waals surface area contributed by atoms with Crippen molar-refractivity contribution in [2.24, 2.45) is 5.92 Å². The van der Waals surface area contributed by atoms with Gasteiger partial charge in [-0.2, -0.15) is 23.4 Å². The number of aromatic nitrogens is 5. The number of pyridine rings is 2. The lowest BCUT2D eigenvalue weighted by Gasteiger charge is -2.54. The van der Waals surface area contributed by atoms with E-state index in [-0.39, 0.29) is 23.5 Å². The summed E-state index contributed by atoms with van der Waals surface area (Å²) in [5.41, 5.74) is 0.372. The zero-order valence-electron chi connectivity index (χ0n) is 18.7. The summed E-state index contributed by atoms with van der Waals surface area (Å²) in [6.45, 7) is 1.21. The van der Waals surface area contributed by atoms with E-state index in [0.29, 0.717) is 36.2 Å². The highest BCUT2D eigenvalue weighted by Crippen LogP contribution is 2.44. The van der Waals surface area contributed by atoms with E-state index in [2.05, 4.69) is 20.2 Å². The highest BCUT2D eigenvalue weighted by molar-refractivity contribution is 5.79. The van der Waals surface area contributed by atoms with Crippen molar-refractivity contribution in [1.29, 1.82) is 0 Å². The molecule has 12 heteroatoms. The molecule has 3 aromatic heterocycles. The number of aldehydes is 1. The maximum Gasteiger partial charge on any atom is 0.417 e. The van der Waals surface area contributed by atoms with Crippen LogP contribution in [0, 0.1) is 12.8 Å². The summed E-state index contributed by atoms with van der Waals surface area (Å²) in [7, 11) is 0. The molecule has 0 aromatic carbocycles. The zero-order chi connectivity index (χ0) is 24.7. The van der Waals surface area contributed by atoms with Crippen molar-refractivity contribution in [2.45, 2.75) is 50.6 Å². The van der Waals surface area contributed by atoms with Gasteiger partial charge in [-0.15, -0.1) is 4.80 Å². The topological polar surface area (TPSA) is 86.0 Å². The van der Waals surface area contributed by atoms with E-state index < -0.39 is 30.6 Å². The minimum Gasteiger partial charge on any atom is -0.472 e. The van der Waals surface area contributed by atoms with E-state index >= 15 is 0 Å². The quantitative estimate of drug-likeness (QED) is 0.382. The van der Waals surface area contributed by atoms with E-state index in [0.717, 1.165) is 18.7 Å². The predicted molar refractivity (Wildman–Crippen MR) is 116 cm³/mol. The van der Waals surface area contributed by atoms with Gasteiger partial charge in [-0.05, 0) is 49.8 Å². The first-order valence-electron chi connectivity index (χ1n) is 11.2. The van der Waals surface area contributed by atoms with Gasteiger partial charge in [0.25, 0.3) is 0 Å². The molecule has 3 aromatic rings. The molecule has 6 rings (SSSR count). The molecule has 3 aliphatic rings. The number of carbonyl (C=O) groups is 1. The van der Waals surface area contributed by atoms with Crippen LogP contribution in [-0.4, -0.2) is 56.1 Å². The third-order valence-corrected chi connectivity index (χ3v) is 6.74. The Labute approximate surface area is 197 Å². The van der Waals surface area contributed by atoms with Crippen LogP contribution in [-0.2, 0) is 6.18 Å². The highest BCUT2D eigenvalue weighted by atomic mass is 19.4. The Balaban J connectivity index is 1.47. The Hall–Kier alpha value is -3.57. The summed E-state index contributed by atoms with van der Waals surface area (Å²) in [5.74, 6) is 0.498. The average molecular weight is 490 g/mol. The predicted octanol–water partition coefficient (Wildman–Crippen LogP) is 3.97. The van der Waals surface area contributed by atoms with Gasteiger partial charge in [0.05, 0.1) is 30.0 Å². The fourth-order valence-corrected chi connectivity index (χ4v) is 5.15. The molecule has 1 aliphatic carbocycles. The third-order valence-electron chi connectivity index (χ3n) is 6.74. The molecule has 0 radical (unpaired) electrons. The minimum absolute atomic E-state index is 0.0437. The van der Waals surface area contributed by atoms with Crippen LogP contribution in [0.2, 0.25) is 0 Å². The van der Waals surface area contributed by atoms with Crippen molar-refractivity contribution >= 4 is 12.1 Å². The molecule has 0 amide bonds. The number of hydrogen-bond donors (Lipinski definition) is 0. The molecule has 0 N–H and O–H groups in total. The molecule has 2 aliphatic heterocycles. The van der Waals surface area contributed by atoms with Gasteiger partial charge in [0.2, 0.25) is 5.88 Å². The number of fused-ring (bicyclic) bond motifs is 3. The number of anilines is 1. The lowest BCUT2D eigenvalue weighted by Crippen LogP contribution is -2.64. The van der Waals surface area contributed by atoms with Crippen LogP contribution < -0.4 is 9.64 Å². The van der Waals surface area contributed by atoms with Crippen molar-refractivity contribution < 1.29 is 27.1 Å². The molecule has 0 unspecified atom stereocenters. The Morgan fingerprint density at radius 1 is 1.20 bits per heavy atom. The SMILES string of the molecule is Cc1cc(-n2nccn2)c(C=O)nc1N1[C@H](CF)[C@@H]2CC[C@H]1[C@H](Oc1ccc(C(F)(F)F)cn1)C2. The first-order valence-corrected chi connectivity index (χ1v) is 11.2. The number of piperidine rings is 2. The molecule has 3 fully saturated rings. The highest BCUT2D eigenvalue weighted by Gasteiger charge is 2.49. The summed E-state index contributed by atoms with van der Waals surface area (Å²) in [6, 6.07) is 3.12. The normalized spacial score (nSPS) is 24.0. The van der Waals surface area contributed by atoms with Crippen LogP contribution in [0.3, 0.4) is 0 Å². The summed E-state index contributed by atoms with van der Waals surface area (Å²) in [6.07, 6.45) is 1.43. The van der Waals surface area contributed by atoms with E-state index in [1.165, 1.54) is 23.3 Å². The molecule has 2 saturated heterocycles. The van der Waals surface area contributed by atoms with Crippen LogP contribution in [0.25, 0.3) is 5.69 Å². The summed E-state index contributed by atoms with van der Waals surface area (Å²) < 4.78 is 58.9.